The van der Waals surface area contributed by atoms with Crippen LogP contribution in [0, 0.1) is 11.3 Å². The van der Waals surface area contributed by atoms with Crippen LogP contribution in [0.5, 0.6) is 0 Å². The minimum absolute atomic E-state index is 0.184. The molecule has 0 radical (unpaired) electrons. The molecule has 1 saturated heterocycles. The molecule has 1 atom stereocenters. The fraction of sp³-hybridized carbons (Fsp3) is 1.00. The van der Waals surface area contributed by atoms with E-state index in [1.807, 2.05) is 0 Å². The summed E-state index contributed by atoms with van der Waals surface area (Å²) in [5, 5.41) is 3.55. The highest BCUT2D eigenvalue weighted by atomic mass is 16.5. The highest BCUT2D eigenvalue weighted by Crippen LogP contribution is 2.52. The van der Waals surface area contributed by atoms with Gasteiger partial charge in [-0.2, -0.15) is 0 Å². The second kappa shape index (κ2) is 3.20. The molecule has 2 fully saturated rings. The summed E-state index contributed by atoms with van der Waals surface area (Å²) >= 11 is 0. The Morgan fingerprint density at radius 2 is 2.31 bits per heavy atom. The van der Waals surface area contributed by atoms with Crippen molar-refractivity contribution in [1.82, 2.24) is 0 Å². The summed E-state index contributed by atoms with van der Waals surface area (Å²) in [5.74, 6) is 0.863. The number of nitrogens with zero attached hydrogens (tertiary/aromatic N) is 3. The van der Waals surface area contributed by atoms with Gasteiger partial charge < -0.3 is 4.74 Å². The van der Waals surface area contributed by atoms with E-state index in [0.29, 0.717) is 12.0 Å². The third kappa shape index (κ3) is 1.64. The zero-order chi connectivity index (χ0) is 9.31. The molecule has 4 nitrogen and oxygen atoms in total. The van der Waals surface area contributed by atoms with E-state index in [9.17, 15) is 0 Å². The molecule has 0 amide bonds. The maximum atomic E-state index is 8.17. The quantitative estimate of drug-likeness (QED) is 0.367. The predicted molar refractivity (Wildman–Crippen MR) is 49.2 cm³/mol. The molecule has 1 aliphatic heterocycles. The first-order valence-corrected chi connectivity index (χ1v) is 4.87. The lowest BCUT2D eigenvalue weighted by molar-refractivity contribution is 0.0392. The van der Waals surface area contributed by atoms with Crippen molar-refractivity contribution in [3.63, 3.8) is 0 Å². The largest absolute Gasteiger partial charge is 0.377 e. The Kier molecular flexibility index (Phi) is 2.18. The van der Waals surface area contributed by atoms with Crippen molar-refractivity contribution in [1.29, 1.82) is 0 Å². The standard InChI is InChI=1S/C9H15N3O/c1-7-2-9(3-7)4-8(13-6-9)5-11-12-10/h7-8H,2-6H2,1H3. The van der Waals surface area contributed by atoms with Crippen molar-refractivity contribution >= 4 is 0 Å². The summed E-state index contributed by atoms with van der Waals surface area (Å²) in [6, 6.07) is 0. The second-order valence-electron chi connectivity index (χ2n) is 4.56. The van der Waals surface area contributed by atoms with Crippen molar-refractivity contribution in [3.05, 3.63) is 10.4 Å². The van der Waals surface area contributed by atoms with E-state index in [2.05, 4.69) is 16.9 Å². The highest BCUT2D eigenvalue weighted by Gasteiger charge is 2.47. The Bertz CT molecular complexity index is 241. The number of rotatable bonds is 2. The van der Waals surface area contributed by atoms with Gasteiger partial charge in [0, 0.05) is 4.91 Å². The molecule has 1 aliphatic carbocycles. The highest BCUT2D eigenvalue weighted by molar-refractivity contribution is 4.97. The number of azide groups is 1. The molecule has 2 rings (SSSR count). The maximum absolute atomic E-state index is 8.17. The van der Waals surface area contributed by atoms with Crippen molar-refractivity contribution in [3.8, 4) is 0 Å². The zero-order valence-corrected chi connectivity index (χ0v) is 7.94. The Morgan fingerprint density at radius 1 is 1.54 bits per heavy atom. The van der Waals surface area contributed by atoms with Crippen LogP contribution in [0.4, 0.5) is 0 Å². The Balaban J connectivity index is 1.84. The van der Waals surface area contributed by atoms with Crippen molar-refractivity contribution in [2.45, 2.75) is 32.3 Å². The molecule has 1 spiro atoms. The lowest BCUT2D eigenvalue weighted by Crippen LogP contribution is -2.36. The van der Waals surface area contributed by atoms with E-state index >= 15 is 0 Å². The molecule has 0 N–H and O–H groups in total. The van der Waals surface area contributed by atoms with Crippen LogP contribution in [0.2, 0.25) is 0 Å². The van der Waals surface area contributed by atoms with Crippen LogP contribution in [-0.4, -0.2) is 19.3 Å². The molecule has 1 saturated carbocycles. The summed E-state index contributed by atoms with van der Waals surface area (Å²) in [4.78, 5) is 2.75. The molecular weight excluding hydrogens is 166 g/mol. The van der Waals surface area contributed by atoms with E-state index in [1.54, 1.807) is 0 Å². The molecule has 0 aromatic heterocycles. The summed E-state index contributed by atoms with van der Waals surface area (Å²) in [6.45, 7) is 3.67. The molecule has 0 aromatic carbocycles. The number of ether oxygens (including phenoxy) is 1. The monoisotopic (exact) mass is 181 g/mol. The average Bonchev–Trinajstić information content (AvgIpc) is 2.45. The molecule has 2 aliphatic rings. The fourth-order valence-electron chi connectivity index (χ4n) is 2.84. The van der Waals surface area contributed by atoms with Gasteiger partial charge in [-0.25, -0.2) is 0 Å². The van der Waals surface area contributed by atoms with Crippen LogP contribution >= 0.6 is 0 Å². The molecule has 72 valence electrons. The van der Waals surface area contributed by atoms with Crippen molar-refractivity contribution in [2.75, 3.05) is 13.2 Å². The molecule has 1 heterocycles. The third-order valence-electron chi connectivity index (χ3n) is 3.20. The normalized spacial score (nSPS) is 42.8. The third-order valence-corrected chi connectivity index (χ3v) is 3.20. The van der Waals surface area contributed by atoms with Crippen LogP contribution in [-0.2, 0) is 4.74 Å². The fourth-order valence-corrected chi connectivity index (χ4v) is 2.84. The van der Waals surface area contributed by atoms with E-state index in [1.165, 1.54) is 12.8 Å². The van der Waals surface area contributed by atoms with Gasteiger partial charge in [0.25, 0.3) is 0 Å². The molecule has 4 heteroatoms. The second-order valence-corrected chi connectivity index (χ2v) is 4.56. The van der Waals surface area contributed by atoms with Gasteiger partial charge in [0.1, 0.15) is 0 Å². The van der Waals surface area contributed by atoms with E-state index in [4.69, 9.17) is 10.3 Å². The minimum Gasteiger partial charge on any atom is -0.377 e. The van der Waals surface area contributed by atoms with Crippen LogP contribution < -0.4 is 0 Å². The first kappa shape index (κ1) is 8.85. The molecule has 13 heavy (non-hydrogen) atoms. The predicted octanol–water partition coefficient (Wildman–Crippen LogP) is 2.50. The zero-order valence-electron chi connectivity index (χ0n) is 7.94. The van der Waals surface area contributed by atoms with Crippen molar-refractivity contribution in [2.24, 2.45) is 16.4 Å². The van der Waals surface area contributed by atoms with Crippen molar-refractivity contribution < 1.29 is 4.74 Å². The summed E-state index contributed by atoms with van der Waals surface area (Å²) in [6.07, 6.45) is 3.86. The topological polar surface area (TPSA) is 58.0 Å². The van der Waals surface area contributed by atoms with E-state index in [0.717, 1.165) is 18.9 Å². The van der Waals surface area contributed by atoms with Gasteiger partial charge in [-0.15, -0.1) is 0 Å². The van der Waals surface area contributed by atoms with Gasteiger partial charge in [0.05, 0.1) is 19.3 Å². The molecular formula is C9H15N3O. The van der Waals surface area contributed by atoms with Crippen LogP contribution in [0.25, 0.3) is 10.4 Å². The van der Waals surface area contributed by atoms with Gasteiger partial charge in [-0.3, -0.25) is 0 Å². The lowest BCUT2D eigenvalue weighted by atomic mass is 9.62. The van der Waals surface area contributed by atoms with Gasteiger partial charge in [0.15, 0.2) is 0 Å². The summed E-state index contributed by atoms with van der Waals surface area (Å²) in [7, 11) is 0. The first-order valence-electron chi connectivity index (χ1n) is 4.87. The molecule has 1 unspecified atom stereocenters. The smallest absolute Gasteiger partial charge is 0.0637 e. The van der Waals surface area contributed by atoms with Gasteiger partial charge in [-0.1, -0.05) is 12.0 Å². The summed E-state index contributed by atoms with van der Waals surface area (Å²) < 4.78 is 5.60. The summed E-state index contributed by atoms with van der Waals surface area (Å²) in [5.41, 5.74) is 8.63. The SMILES string of the molecule is CC1CC2(COC(CN=[N+]=[N-])C2)C1. The Hall–Kier alpha value is -0.730. The average molecular weight is 181 g/mol. The lowest BCUT2D eigenvalue weighted by Gasteiger charge is -2.42. The van der Waals surface area contributed by atoms with Crippen LogP contribution in [0.3, 0.4) is 0 Å². The van der Waals surface area contributed by atoms with E-state index < -0.39 is 0 Å². The van der Waals surface area contributed by atoms with Gasteiger partial charge in [0.2, 0.25) is 0 Å². The first-order chi connectivity index (χ1) is 6.24. The molecule has 0 bridgehead atoms. The maximum Gasteiger partial charge on any atom is 0.0637 e. The number of hydrogen-bond donors (Lipinski definition) is 0. The minimum atomic E-state index is 0.184. The van der Waals surface area contributed by atoms with Crippen LogP contribution in [0.15, 0.2) is 5.11 Å². The molecule has 0 aromatic rings. The van der Waals surface area contributed by atoms with E-state index in [-0.39, 0.29) is 6.10 Å². The van der Waals surface area contributed by atoms with Gasteiger partial charge >= 0.3 is 0 Å². The Morgan fingerprint density at radius 3 is 2.92 bits per heavy atom. The number of hydrogen-bond acceptors (Lipinski definition) is 2. The van der Waals surface area contributed by atoms with Gasteiger partial charge in [-0.05, 0) is 36.1 Å². The van der Waals surface area contributed by atoms with Crippen LogP contribution in [0.1, 0.15) is 26.2 Å². The Labute approximate surface area is 77.9 Å².